The van der Waals surface area contributed by atoms with Crippen molar-refractivity contribution in [3.8, 4) is 0 Å². The number of nitrogens with zero attached hydrogens (tertiary/aromatic N) is 1. The quantitative estimate of drug-likeness (QED) is 0.631. The molecule has 0 aromatic carbocycles. The Kier molecular flexibility index (Phi) is 3.55. The number of amides is 1. The second-order valence-electron chi connectivity index (χ2n) is 3.00. The van der Waals surface area contributed by atoms with Crippen molar-refractivity contribution in [2.45, 2.75) is 13.0 Å². The van der Waals surface area contributed by atoms with E-state index < -0.39 is 0 Å². The lowest BCUT2D eigenvalue weighted by atomic mass is 10.1. The van der Waals surface area contributed by atoms with E-state index in [0.717, 1.165) is 5.56 Å². The molecule has 0 aliphatic rings. The van der Waals surface area contributed by atoms with Gasteiger partial charge in [-0.25, -0.2) is 4.98 Å². The Morgan fingerprint density at radius 2 is 2.36 bits per heavy atom. The minimum atomic E-state index is -0.200. The third kappa shape index (κ3) is 2.79. The van der Waals surface area contributed by atoms with Gasteiger partial charge in [-0.05, 0) is 11.6 Å². The van der Waals surface area contributed by atoms with Gasteiger partial charge in [-0.3, -0.25) is 4.79 Å². The predicted octanol–water partition coefficient (Wildman–Crippen LogP) is -0.00150. The second-order valence-corrected chi connectivity index (χ2v) is 3.00. The highest BCUT2D eigenvalue weighted by molar-refractivity contribution is 5.87. The van der Waals surface area contributed by atoms with Crippen LogP contribution in [0.1, 0.15) is 18.5 Å². The summed E-state index contributed by atoms with van der Waals surface area (Å²) in [5.74, 6) is 0.374. The zero-order valence-corrected chi connectivity index (χ0v) is 8.03. The van der Waals surface area contributed by atoms with E-state index in [2.05, 4.69) is 10.3 Å². The summed E-state index contributed by atoms with van der Waals surface area (Å²) in [6.45, 7) is 1.81. The van der Waals surface area contributed by atoms with Crippen LogP contribution < -0.4 is 16.8 Å². The largest absolute Gasteiger partial charge is 0.329 e. The summed E-state index contributed by atoms with van der Waals surface area (Å²) in [5, 5.41) is 2.57. The van der Waals surface area contributed by atoms with Gasteiger partial charge in [-0.2, -0.15) is 0 Å². The van der Waals surface area contributed by atoms with Crippen molar-refractivity contribution in [3.05, 3.63) is 23.9 Å². The van der Waals surface area contributed by atoms with Crippen molar-refractivity contribution in [1.82, 2.24) is 4.98 Å². The lowest BCUT2D eigenvalue weighted by Gasteiger charge is -2.08. The Morgan fingerprint density at radius 3 is 2.79 bits per heavy atom. The standard InChI is InChI=1S/C9H14N4O/c1-6(14)13-9-3-2-7(5-12-9)8(11)4-10/h2-3,5,8H,4,10-11H2,1H3,(H,12,13,14)/t8-/m0/s1. The van der Waals surface area contributed by atoms with Crippen LogP contribution in [0.2, 0.25) is 0 Å². The van der Waals surface area contributed by atoms with E-state index in [1.54, 1.807) is 18.3 Å². The number of hydrogen-bond donors (Lipinski definition) is 3. The number of anilines is 1. The zero-order chi connectivity index (χ0) is 10.6. The molecule has 1 aromatic heterocycles. The number of rotatable bonds is 3. The molecule has 5 heteroatoms. The van der Waals surface area contributed by atoms with E-state index >= 15 is 0 Å². The lowest BCUT2D eigenvalue weighted by Crippen LogP contribution is -2.21. The molecule has 0 radical (unpaired) electrons. The number of carbonyl (C=O) groups excluding carboxylic acids is 1. The van der Waals surface area contributed by atoms with Crippen molar-refractivity contribution in [2.24, 2.45) is 11.5 Å². The maximum atomic E-state index is 10.7. The van der Waals surface area contributed by atoms with Crippen LogP contribution in [0.5, 0.6) is 0 Å². The highest BCUT2D eigenvalue weighted by Crippen LogP contribution is 2.10. The van der Waals surface area contributed by atoms with Gasteiger partial charge in [0.05, 0.1) is 0 Å². The number of hydrogen-bond acceptors (Lipinski definition) is 4. The van der Waals surface area contributed by atoms with Gasteiger partial charge in [0, 0.05) is 25.7 Å². The van der Waals surface area contributed by atoms with E-state index in [1.165, 1.54) is 6.92 Å². The first-order chi connectivity index (χ1) is 6.63. The van der Waals surface area contributed by atoms with Crippen LogP contribution in [0.3, 0.4) is 0 Å². The fraction of sp³-hybridized carbons (Fsp3) is 0.333. The highest BCUT2D eigenvalue weighted by Gasteiger charge is 2.03. The van der Waals surface area contributed by atoms with Crippen LogP contribution in [-0.2, 0) is 4.79 Å². The number of aromatic nitrogens is 1. The molecule has 0 fully saturated rings. The average molecular weight is 194 g/mol. The van der Waals surface area contributed by atoms with Crippen molar-refractivity contribution >= 4 is 11.7 Å². The van der Waals surface area contributed by atoms with Crippen LogP contribution >= 0.6 is 0 Å². The van der Waals surface area contributed by atoms with Gasteiger partial charge in [0.1, 0.15) is 5.82 Å². The first-order valence-electron chi connectivity index (χ1n) is 4.32. The molecule has 5 nitrogen and oxygen atoms in total. The average Bonchev–Trinajstić information content (AvgIpc) is 2.17. The van der Waals surface area contributed by atoms with E-state index in [4.69, 9.17) is 11.5 Å². The summed E-state index contributed by atoms with van der Waals surface area (Å²) < 4.78 is 0. The van der Waals surface area contributed by atoms with Crippen LogP contribution in [0.4, 0.5) is 5.82 Å². The van der Waals surface area contributed by atoms with Crippen LogP contribution in [0.15, 0.2) is 18.3 Å². The molecule has 1 atom stereocenters. The van der Waals surface area contributed by atoms with Crippen LogP contribution in [0, 0.1) is 0 Å². The minimum absolute atomic E-state index is 0.145. The molecule has 1 amide bonds. The summed E-state index contributed by atoms with van der Waals surface area (Å²) in [5.41, 5.74) is 12.0. The first kappa shape index (κ1) is 10.6. The van der Waals surface area contributed by atoms with Crippen molar-refractivity contribution in [2.75, 3.05) is 11.9 Å². The molecule has 1 rings (SSSR count). The zero-order valence-electron chi connectivity index (χ0n) is 8.03. The van der Waals surface area contributed by atoms with E-state index in [1.807, 2.05) is 0 Å². The Morgan fingerprint density at radius 1 is 1.64 bits per heavy atom. The third-order valence-electron chi connectivity index (χ3n) is 1.77. The summed E-state index contributed by atoms with van der Waals surface area (Å²) in [4.78, 5) is 14.7. The SMILES string of the molecule is CC(=O)Nc1ccc([C@@H](N)CN)cn1. The van der Waals surface area contributed by atoms with Gasteiger partial charge in [-0.15, -0.1) is 0 Å². The molecule has 1 aromatic rings. The predicted molar refractivity (Wildman–Crippen MR) is 54.5 cm³/mol. The molecule has 5 N–H and O–H groups in total. The van der Waals surface area contributed by atoms with Gasteiger partial charge in [0.15, 0.2) is 0 Å². The van der Waals surface area contributed by atoms with Crippen molar-refractivity contribution < 1.29 is 4.79 Å². The molecule has 1 heterocycles. The molecule has 0 unspecified atom stereocenters. The Hall–Kier alpha value is -1.46. The smallest absolute Gasteiger partial charge is 0.222 e. The molecule has 14 heavy (non-hydrogen) atoms. The molecule has 0 saturated carbocycles. The molecule has 0 saturated heterocycles. The molecular formula is C9H14N4O. The lowest BCUT2D eigenvalue weighted by molar-refractivity contribution is -0.114. The molecule has 76 valence electrons. The fourth-order valence-electron chi connectivity index (χ4n) is 1.02. The van der Waals surface area contributed by atoms with Crippen molar-refractivity contribution in [3.63, 3.8) is 0 Å². The van der Waals surface area contributed by atoms with Crippen molar-refractivity contribution in [1.29, 1.82) is 0 Å². The Labute approximate surface area is 82.5 Å². The van der Waals surface area contributed by atoms with Gasteiger partial charge in [0.25, 0.3) is 0 Å². The fourth-order valence-corrected chi connectivity index (χ4v) is 1.02. The number of carbonyl (C=O) groups is 1. The molecule has 0 aliphatic carbocycles. The van der Waals surface area contributed by atoms with E-state index in [-0.39, 0.29) is 11.9 Å². The molecular weight excluding hydrogens is 180 g/mol. The number of nitrogens with one attached hydrogen (secondary N) is 1. The second kappa shape index (κ2) is 4.69. The Bertz CT molecular complexity index is 309. The monoisotopic (exact) mass is 194 g/mol. The summed E-state index contributed by atoms with van der Waals surface area (Å²) >= 11 is 0. The van der Waals surface area contributed by atoms with Gasteiger partial charge in [0.2, 0.25) is 5.91 Å². The Balaban J connectivity index is 2.73. The normalized spacial score (nSPS) is 12.2. The van der Waals surface area contributed by atoms with Crippen LogP contribution in [-0.4, -0.2) is 17.4 Å². The highest BCUT2D eigenvalue weighted by atomic mass is 16.1. The topological polar surface area (TPSA) is 94.0 Å². The van der Waals surface area contributed by atoms with Gasteiger partial charge in [-0.1, -0.05) is 6.07 Å². The van der Waals surface area contributed by atoms with Gasteiger partial charge >= 0.3 is 0 Å². The summed E-state index contributed by atoms with van der Waals surface area (Å²) in [6.07, 6.45) is 1.61. The molecule has 0 spiro atoms. The summed E-state index contributed by atoms with van der Waals surface area (Å²) in [6, 6.07) is 3.30. The molecule has 0 bridgehead atoms. The summed E-state index contributed by atoms with van der Waals surface area (Å²) in [7, 11) is 0. The minimum Gasteiger partial charge on any atom is -0.329 e. The van der Waals surface area contributed by atoms with Gasteiger partial charge < -0.3 is 16.8 Å². The molecule has 0 aliphatic heterocycles. The van der Waals surface area contributed by atoms with E-state index in [9.17, 15) is 4.79 Å². The number of nitrogens with two attached hydrogens (primary N) is 2. The van der Waals surface area contributed by atoms with Crippen LogP contribution in [0.25, 0.3) is 0 Å². The maximum absolute atomic E-state index is 10.7. The third-order valence-corrected chi connectivity index (χ3v) is 1.77. The van der Waals surface area contributed by atoms with E-state index in [0.29, 0.717) is 12.4 Å². The maximum Gasteiger partial charge on any atom is 0.222 e. The number of pyridine rings is 1. The first-order valence-corrected chi connectivity index (χ1v) is 4.32.